The van der Waals surface area contributed by atoms with Gasteiger partial charge in [-0.1, -0.05) is 17.7 Å². The average Bonchev–Trinajstić information content (AvgIpc) is 2.05. The van der Waals surface area contributed by atoms with E-state index in [4.69, 9.17) is 4.74 Å². The first kappa shape index (κ1) is 7.16. The second-order valence-corrected chi connectivity index (χ2v) is 2.86. The van der Waals surface area contributed by atoms with Crippen LogP contribution in [0.15, 0.2) is 18.2 Å². The number of nitrogens with one attached hydrogen (secondary N) is 1. The number of cyclic esters (lactones) is 1. The third kappa shape index (κ3) is 1.13. The molecule has 0 aliphatic carbocycles. The summed E-state index contributed by atoms with van der Waals surface area (Å²) in [5, 5.41) is 2.63. The molecule has 1 aromatic carbocycles. The Bertz CT molecular complexity index is 338. The zero-order chi connectivity index (χ0) is 8.55. The van der Waals surface area contributed by atoms with E-state index in [1.54, 1.807) is 0 Å². The number of rotatable bonds is 0. The second kappa shape index (κ2) is 2.52. The third-order valence-electron chi connectivity index (χ3n) is 1.86. The average molecular weight is 165 g/mol. The normalized spacial score (nSPS) is 14.6. The summed E-state index contributed by atoms with van der Waals surface area (Å²) in [5.74, 6) is 0. The number of fused-ring (bicyclic) bond motifs is 1. The predicted molar refractivity (Wildman–Crippen MR) is 47.1 cm³/mol. The maximum Gasteiger partial charge on any atom is 0.411 e. The second-order valence-electron chi connectivity index (χ2n) is 2.86. The van der Waals surface area contributed by atoms with E-state index in [0.717, 1.165) is 11.3 Å². The lowest BCUT2D eigenvalue weighted by atomic mass is 10.1. The summed E-state index contributed by atoms with van der Waals surface area (Å²) < 4.78 is 4.81. The molecular weight excluding hydrogens is 154 g/mol. The van der Waals surface area contributed by atoms with Crippen molar-refractivity contribution in [3.05, 3.63) is 29.3 Å². The maximum atomic E-state index is 10.8. The lowest BCUT2D eigenvalue weighted by Gasteiger charge is -2.17. The quantitative estimate of drug-likeness (QED) is 0.640. The van der Waals surface area contributed by atoms with Crippen molar-refractivity contribution in [3.63, 3.8) is 0 Å². The van der Waals surface area contributed by atoms with E-state index in [1.165, 1.54) is 5.56 Å². The largest absolute Gasteiger partial charge is 0.444 e. The van der Waals surface area contributed by atoms with E-state index >= 15 is 0 Å². The van der Waals surface area contributed by atoms with Crippen LogP contribution >= 0.6 is 0 Å². The molecule has 3 heteroatoms. The van der Waals surface area contributed by atoms with Crippen molar-refractivity contribution >= 4 is 11.8 Å². The first-order chi connectivity index (χ1) is 5.75. The van der Waals surface area contributed by atoms with Gasteiger partial charge in [0.25, 0.3) is 0 Å². The molecule has 0 saturated heterocycles. The van der Waals surface area contributed by atoms with Crippen LogP contribution in [0.1, 0.15) is 12.6 Å². The SMILES string of the molecule is Cc1ccc2c(c1)COC(=O)N2.[HH]. The Labute approximate surface area is 71.8 Å². The number of amides is 1. The zero-order valence-corrected chi connectivity index (χ0v) is 6.76. The van der Waals surface area contributed by atoms with E-state index in [9.17, 15) is 4.79 Å². The molecule has 2 rings (SSSR count). The van der Waals surface area contributed by atoms with Crippen molar-refractivity contribution in [3.8, 4) is 0 Å². The van der Waals surface area contributed by atoms with Gasteiger partial charge >= 0.3 is 6.09 Å². The molecule has 0 saturated carbocycles. The molecule has 0 spiro atoms. The van der Waals surface area contributed by atoms with E-state index in [-0.39, 0.29) is 7.52 Å². The predicted octanol–water partition coefficient (Wildman–Crippen LogP) is 2.30. The van der Waals surface area contributed by atoms with Crippen LogP contribution in [0.5, 0.6) is 0 Å². The van der Waals surface area contributed by atoms with Gasteiger partial charge in [0.2, 0.25) is 0 Å². The van der Waals surface area contributed by atoms with Gasteiger partial charge in [-0.2, -0.15) is 0 Å². The lowest BCUT2D eigenvalue weighted by Crippen LogP contribution is -2.20. The minimum absolute atomic E-state index is 0. The summed E-state index contributed by atoms with van der Waals surface area (Å²) in [7, 11) is 0. The third-order valence-corrected chi connectivity index (χ3v) is 1.86. The molecular formula is C9H11NO2. The Balaban J connectivity index is 0.000000845. The van der Waals surface area contributed by atoms with Crippen LogP contribution in [0.4, 0.5) is 10.5 Å². The number of hydrogen-bond donors (Lipinski definition) is 1. The number of aryl methyl sites for hydroxylation is 1. The van der Waals surface area contributed by atoms with E-state index in [2.05, 4.69) is 5.32 Å². The van der Waals surface area contributed by atoms with E-state index < -0.39 is 0 Å². The standard InChI is InChI=1S/C9H9NO2.H2/c1-6-2-3-8-7(4-6)5-12-9(11)10-8;/h2-4H,5H2,1H3,(H,10,11);1H. The van der Waals surface area contributed by atoms with Gasteiger partial charge in [-0.15, -0.1) is 0 Å². The molecule has 3 nitrogen and oxygen atoms in total. The molecule has 1 aliphatic heterocycles. The summed E-state index contributed by atoms with van der Waals surface area (Å²) in [6.45, 7) is 2.39. The fourth-order valence-corrected chi connectivity index (χ4v) is 1.25. The molecule has 0 radical (unpaired) electrons. The van der Waals surface area contributed by atoms with Gasteiger partial charge in [0, 0.05) is 6.99 Å². The molecule has 0 bridgehead atoms. The fourth-order valence-electron chi connectivity index (χ4n) is 1.25. The lowest BCUT2D eigenvalue weighted by molar-refractivity contribution is 0.151. The minimum Gasteiger partial charge on any atom is -0.444 e. The Hall–Kier alpha value is -1.51. The van der Waals surface area contributed by atoms with Gasteiger partial charge in [0.1, 0.15) is 6.61 Å². The zero-order valence-electron chi connectivity index (χ0n) is 6.76. The van der Waals surface area contributed by atoms with Gasteiger partial charge in [-0.05, 0) is 13.0 Å². The fraction of sp³-hybridized carbons (Fsp3) is 0.222. The molecule has 12 heavy (non-hydrogen) atoms. The highest BCUT2D eigenvalue weighted by molar-refractivity contribution is 5.87. The van der Waals surface area contributed by atoms with Gasteiger partial charge in [0.15, 0.2) is 0 Å². The van der Waals surface area contributed by atoms with Crippen LogP contribution in [0.25, 0.3) is 0 Å². The Morgan fingerprint density at radius 2 is 2.42 bits per heavy atom. The maximum absolute atomic E-state index is 10.8. The Morgan fingerprint density at radius 3 is 3.25 bits per heavy atom. The van der Waals surface area contributed by atoms with Crippen molar-refractivity contribution in [2.45, 2.75) is 13.5 Å². The van der Waals surface area contributed by atoms with Crippen molar-refractivity contribution in [2.24, 2.45) is 0 Å². The molecule has 1 N–H and O–H groups in total. The molecule has 1 heterocycles. The summed E-state index contributed by atoms with van der Waals surface area (Å²) >= 11 is 0. The number of hydrogen-bond acceptors (Lipinski definition) is 2. The van der Waals surface area contributed by atoms with E-state index in [0.29, 0.717) is 6.61 Å². The smallest absolute Gasteiger partial charge is 0.411 e. The van der Waals surface area contributed by atoms with Gasteiger partial charge in [0.05, 0.1) is 5.69 Å². The highest BCUT2D eigenvalue weighted by Gasteiger charge is 2.14. The van der Waals surface area contributed by atoms with Crippen LogP contribution in [0.2, 0.25) is 0 Å². The van der Waals surface area contributed by atoms with Crippen LogP contribution in [-0.4, -0.2) is 6.09 Å². The summed E-state index contributed by atoms with van der Waals surface area (Å²) in [6, 6.07) is 5.87. The summed E-state index contributed by atoms with van der Waals surface area (Å²) in [4.78, 5) is 10.8. The monoisotopic (exact) mass is 165 g/mol. The van der Waals surface area contributed by atoms with Gasteiger partial charge < -0.3 is 4.74 Å². The molecule has 0 fully saturated rings. The molecule has 1 aliphatic rings. The van der Waals surface area contributed by atoms with Crippen molar-refractivity contribution in [2.75, 3.05) is 5.32 Å². The molecule has 0 aromatic heterocycles. The topological polar surface area (TPSA) is 38.3 Å². The summed E-state index contributed by atoms with van der Waals surface area (Å²) in [5.41, 5.74) is 3.07. The highest BCUT2D eigenvalue weighted by Crippen LogP contribution is 2.21. The van der Waals surface area contributed by atoms with Crippen molar-refractivity contribution in [1.82, 2.24) is 0 Å². The van der Waals surface area contributed by atoms with Crippen LogP contribution in [-0.2, 0) is 11.3 Å². The van der Waals surface area contributed by atoms with E-state index in [1.807, 2.05) is 25.1 Å². The molecule has 1 aromatic rings. The Kier molecular flexibility index (Phi) is 1.50. The van der Waals surface area contributed by atoms with Crippen LogP contribution in [0.3, 0.4) is 0 Å². The summed E-state index contributed by atoms with van der Waals surface area (Å²) in [6.07, 6.45) is -0.369. The molecule has 0 atom stereocenters. The molecule has 0 unspecified atom stereocenters. The number of anilines is 1. The van der Waals surface area contributed by atoms with Crippen molar-refractivity contribution in [1.29, 1.82) is 0 Å². The van der Waals surface area contributed by atoms with Crippen LogP contribution < -0.4 is 5.32 Å². The number of ether oxygens (including phenoxy) is 1. The minimum atomic E-state index is -0.369. The number of carbonyl (C=O) groups excluding carboxylic acids is 1. The van der Waals surface area contributed by atoms with Gasteiger partial charge in [-0.3, -0.25) is 5.32 Å². The number of benzene rings is 1. The first-order valence-corrected chi connectivity index (χ1v) is 3.79. The first-order valence-electron chi connectivity index (χ1n) is 3.79. The van der Waals surface area contributed by atoms with Gasteiger partial charge in [-0.25, -0.2) is 4.79 Å². The number of carbonyl (C=O) groups is 1. The molecule has 64 valence electrons. The Morgan fingerprint density at radius 1 is 1.58 bits per heavy atom. The molecule has 1 amide bonds. The highest BCUT2D eigenvalue weighted by atomic mass is 16.5. The van der Waals surface area contributed by atoms with Crippen LogP contribution in [0, 0.1) is 6.92 Å². The van der Waals surface area contributed by atoms with Crippen molar-refractivity contribution < 1.29 is 11.0 Å².